The first-order chi connectivity index (χ1) is 16.0. The van der Waals surface area contributed by atoms with Crippen LogP contribution in [0.25, 0.3) is 38.2 Å². The molecule has 2 amide bonds. The van der Waals surface area contributed by atoms with E-state index in [-0.39, 0.29) is 5.56 Å². The van der Waals surface area contributed by atoms with Crippen molar-refractivity contribution in [1.82, 2.24) is 9.38 Å². The van der Waals surface area contributed by atoms with Crippen molar-refractivity contribution >= 4 is 55.7 Å². The van der Waals surface area contributed by atoms with Crippen LogP contribution in [0.15, 0.2) is 77.6 Å². The lowest BCUT2D eigenvalue weighted by Crippen LogP contribution is -2.40. The van der Waals surface area contributed by atoms with Crippen molar-refractivity contribution in [3.63, 3.8) is 0 Å². The van der Waals surface area contributed by atoms with Gasteiger partial charge in [0.1, 0.15) is 5.65 Å². The zero-order chi connectivity index (χ0) is 22.4. The second kappa shape index (κ2) is 6.01. The monoisotopic (exact) mass is 429 g/mol. The first-order valence-corrected chi connectivity index (χ1v) is 10.6. The molecule has 156 valence electrons. The van der Waals surface area contributed by atoms with Crippen molar-refractivity contribution in [3.05, 3.63) is 99.8 Å². The highest BCUT2D eigenvalue weighted by atomic mass is 16.2. The first-order valence-electron chi connectivity index (χ1n) is 10.6. The summed E-state index contributed by atoms with van der Waals surface area (Å²) < 4.78 is 1.61. The second-order valence-corrected chi connectivity index (χ2v) is 8.42. The number of aryl methyl sites for hydroxylation is 1. The molecule has 0 bridgehead atoms. The molecule has 0 N–H and O–H groups in total. The molecule has 0 spiro atoms. The van der Waals surface area contributed by atoms with E-state index < -0.39 is 11.8 Å². The van der Waals surface area contributed by atoms with Crippen LogP contribution in [0.1, 0.15) is 26.3 Å². The van der Waals surface area contributed by atoms with E-state index in [2.05, 4.69) is 0 Å². The highest BCUT2D eigenvalue weighted by molar-refractivity contribution is 6.38. The molecule has 0 saturated carbocycles. The van der Waals surface area contributed by atoms with Gasteiger partial charge >= 0.3 is 0 Å². The maximum Gasteiger partial charge on any atom is 0.265 e. The maximum atomic E-state index is 13.5. The second-order valence-electron chi connectivity index (χ2n) is 8.42. The average molecular weight is 429 g/mol. The largest absolute Gasteiger partial charge is 0.268 e. The SMILES string of the molecule is Cc1ccc(N2C(=O)c3ccc4c(=O)n5c6ccccc6nc5c5ccc(c3c45)C2=O)cc1. The van der Waals surface area contributed by atoms with Crippen molar-refractivity contribution in [2.75, 3.05) is 4.90 Å². The van der Waals surface area contributed by atoms with Crippen molar-refractivity contribution in [2.24, 2.45) is 0 Å². The Morgan fingerprint density at radius 1 is 0.697 bits per heavy atom. The van der Waals surface area contributed by atoms with Crippen LogP contribution in [-0.4, -0.2) is 21.2 Å². The molecule has 0 aliphatic carbocycles. The minimum atomic E-state index is -0.397. The number of hydrogen-bond acceptors (Lipinski definition) is 4. The average Bonchev–Trinajstić information content (AvgIpc) is 3.22. The van der Waals surface area contributed by atoms with Gasteiger partial charge in [-0.25, -0.2) is 9.88 Å². The van der Waals surface area contributed by atoms with Crippen LogP contribution >= 0.6 is 0 Å². The Bertz CT molecular complexity index is 1860. The lowest BCUT2D eigenvalue weighted by Gasteiger charge is -2.28. The lowest BCUT2D eigenvalue weighted by atomic mass is 9.90. The van der Waals surface area contributed by atoms with E-state index in [1.165, 1.54) is 4.90 Å². The summed E-state index contributed by atoms with van der Waals surface area (Å²) in [7, 11) is 0. The number of hydrogen-bond donors (Lipinski definition) is 0. The summed E-state index contributed by atoms with van der Waals surface area (Å²) in [6.45, 7) is 1.95. The van der Waals surface area contributed by atoms with Crippen LogP contribution in [-0.2, 0) is 0 Å². The Morgan fingerprint density at radius 2 is 1.36 bits per heavy atom. The highest BCUT2D eigenvalue weighted by Gasteiger charge is 2.35. The number of imidazole rings is 1. The molecule has 1 aliphatic rings. The molecular weight excluding hydrogens is 414 g/mol. The van der Waals surface area contributed by atoms with Crippen LogP contribution in [0.5, 0.6) is 0 Å². The number of amides is 2. The molecule has 1 aliphatic heterocycles. The summed E-state index contributed by atoms with van der Waals surface area (Å²) in [6, 6.07) is 21.7. The van der Waals surface area contributed by atoms with E-state index in [9.17, 15) is 14.4 Å². The van der Waals surface area contributed by atoms with Gasteiger partial charge in [-0.15, -0.1) is 0 Å². The molecule has 2 aromatic heterocycles. The summed E-state index contributed by atoms with van der Waals surface area (Å²) >= 11 is 0. The molecule has 0 unspecified atom stereocenters. The van der Waals surface area contributed by atoms with Gasteiger partial charge in [0.05, 0.1) is 16.7 Å². The molecule has 6 heteroatoms. The van der Waals surface area contributed by atoms with Gasteiger partial charge in [-0.05, 0) is 55.5 Å². The molecule has 33 heavy (non-hydrogen) atoms. The fraction of sp³-hybridized carbons (Fsp3) is 0.0370. The maximum absolute atomic E-state index is 13.5. The number of anilines is 1. The number of rotatable bonds is 1. The Kier molecular flexibility index (Phi) is 3.29. The number of nitrogens with zero attached hydrogens (tertiary/aromatic N) is 3. The molecular formula is C27H15N3O3. The molecule has 7 rings (SSSR count). The van der Waals surface area contributed by atoms with E-state index in [1.807, 2.05) is 49.4 Å². The normalized spacial score (nSPS) is 13.8. The van der Waals surface area contributed by atoms with Gasteiger partial charge in [-0.3, -0.25) is 18.8 Å². The van der Waals surface area contributed by atoms with Gasteiger partial charge in [0.25, 0.3) is 17.4 Å². The van der Waals surface area contributed by atoms with E-state index in [0.717, 1.165) is 22.0 Å². The van der Waals surface area contributed by atoms with E-state index in [0.29, 0.717) is 38.6 Å². The molecule has 0 atom stereocenters. The van der Waals surface area contributed by atoms with Crippen LogP contribution in [0.4, 0.5) is 5.69 Å². The van der Waals surface area contributed by atoms with Crippen molar-refractivity contribution in [1.29, 1.82) is 0 Å². The standard InChI is InChI=1S/C27H15N3O3/c1-14-6-8-15(9-7-14)29-25(31)18-11-10-16-22-17(12-13-19(23(18)22)26(29)32)27(33)30-21-5-3-2-4-20(21)28-24(16)30/h2-13H,1H3. The first kappa shape index (κ1) is 18.0. The Labute approximate surface area is 186 Å². The summed E-state index contributed by atoms with van der Waals surface area (Å²) in [6.07, 6.45) is 0. The topological polar surface area (TPSA) is 71.8 Å². The number of pyridine rings is 1. The number of carbonyl (C=O) groups excluding carboxylic acids is 2. The Morgan fingerprint density at radius 3 is 2.09 bits per heavy atom. The molecule has 0 fully saturated rings. The van der Waals surface area contributed by atoms with Crippen LogP contribution in [0.2, 0.25) is 0 Å². The number of imide groups is 1. The summed E-state index contributed by atoms with van der Waals surface area (Å²) in [5.41, 5.74) is 4.13. The van der Waals surface area contributed by atoms with E-state index in [4.69, 9.17) is 4.98 Å². The summed E-state index contributed by atoms with van der Waals surface area (Å²) in [4.78, 5) is 46.4. The number of para-hydroxylation sites is 2. The van der Waals surface area contributed by atoms with Crippen LogP contribution in [0.3, 0.4) is 0 Å². The van der Waals surface area contributed by atoms with Crippen molar-refractivity contribution < 1.29 is 9.59 Å². The van der Waals surface area contributed by atoms with Gasteiger partial charge in [-0.1, -0.05) is 29.8 Å². The van der Waals surface area contributed by atoms with Gasteiger partial charge in [-0.2, -0.15) is 0 Å². The van der Waals surface area contributed by atoms with Gasteiger partial charge in [0.2, 0.25) is 0 Å². The van der Waals surface area contributed by atoms with Crippen molar-refractivity contribution in [3.8, 4) is 0 Å². The Hall–Kier alpha value is -4.58. The minimum Gasteiger partial charge on any atom is -0.268 e. The smallest absolute Gasteiger partial charge is 0.265 e. The lowest BCUT2D eigenvalue weighted by molar-refractivity contribution is 0.0893. The third-order valence-electron chi connectivity index (χ3n) is 6.56. The Balaban J connectivity index is 1.61. The van der Waals surface area contributed by atoms with E-state index >= 15 is 0 Å². The highest BCUT2D eigenvalue weighted by Crippen LogP contribution is 2.38. The minimum absolute atomic E-state index is 0.212. The zero-order valence-electron chi connectivity index (χ0n) is 17.5. The molecule has 3 heterocycles. The predicted molar refractivity (Wildman–Crippen MR) is 127 cm³/mol. The fourth-order valence-corrected chi connectivity index (χ4v) is 5.01. The van der Waals surface area contributed by atoms with Crippen LogP contribution in [0, 0.1) is 6.92 Å². The zero-order valence-corrected chi connectivity index (χ0v) is 17.5. The van der Waals surface area contributed by atoms with Crippen molar-refractivity contribution in [2.45, 2.75) is 6.92 Å². The molecule has 6 nitrogen and oxygen atoms in total. The molecule has 6 aromatic rings. The van der Waals surface area contributed by atoms with Gasteiger partial charge in [0.15, 0.2) is 0 Å². The number of carbonyl (C=O) groups is 2. The third-order valence-corrected chi connectivity index (χ3v) is 6.56. The van der Waals surface area contributed by atoms with Gasteiger partial charge in [0, 0.05) is 32.7 Å². The fourth-order valence-electron chi connectivity index (χ4n) is 5.01. The summed E-state index contributed by atoms with van der Waals surface area (Å²) in [5, 5.41) is 2.34. The van der Waals surface area contributed by atoms with Gasteiger partial charge < -0.3 is 0 Å². The number of aromatic nitrogens is 2. The molecule has 0 saturated heterocycles. The third kappa shape index (κ3) is 2.17. The van der Waals surface area contributed by atoms with Crippen LogP contribution < -0.4 is 10.5 Å². The molecule has 4 aromatic carbocycles. The quantitative estimate of drug-likeness (QED) is 0.355. The predicted octanol–water partition coefficient (Wildman–Crippen LogP) is 4.70. The number of fused-ring (bicyclic) bond motifs is 4. The number of benzene rings is 4. The van der Waals surface area contributed by atoms with E-state index in [1.54, 1.807) is 34.7 Å². The summed E-state index contributed by atoms with van der Waals surface area (Å²) in [5.74, 6) is -0.793. The molecule has 0 radical (unpaired) electrons.